The number of rotatable bonds is 4. The van der Waals surface area contributed by atoms with Crippen LogP contribution in [0, 0.1) is 40.9 Å². The van der Waals surface area contributed by atoms with Gasteiger partial charge in [0.2, 0.25) is 0 Å². The van der Waals surface area contributed by atoms with E-state index in [9.17, 15) is 0 Å². The fourth-order valence-corrected chi connectivity index (χ4v) is 6.25. The Morgan fingerprint density at radius 3 is 1.57 bits per heavy atom. The van der Waals surface area contributed by atoms with Crippen LogP contribution in [0.15, 0.2) is 0 Å². The van der Waals surface area contributed by atoms with E-state index in [-0.39, 0.29) is 0 Å². The summed E-state index contributed by atoms with van der Waals surface area (Å²) in [6.45, 7) is 14.7. The lowest BCUT2D eigenvalue weighted by Crippen LogP contribution is -2.44. The first-order valence-corrected chi connectivity index (χ1v) is 9.91. The molecule has 2 fully saturated rings. The van der Waals surface area contributed by atoms with Crippen LogP contribution in [0.25, 0.3) is 0 Å². The van der Waals surface area contributed by atoms with Crippen LogP contribution >= 0.6 is 0 Å². The first kappa shape index (κ1) is 17.4. The molecule has 0 saturated heterocycles. The lowest BCUT2D eigenvalue weighted by molar-refractivity contribution is -0.0254. The summed E-state index contributed by atoms with van der Waals surface area (Å²) >= 11 is 0. The van der Waals surface area contributed by atoms with Gasteiger partial charge in [-0.3, -0.25) is 0 Å². The summed E-state index contributed by atoms with van der Waals surface area (Å²) in [4.78, 5) is 0. The van der Waals surface area contributed by atoms with Gasteiger partial charge < -0.3 is 0 Å². The lowest BCUT2D eigenvalue weighted by Gasteiger charge is -2.52. The monoisotopic (exact) mass is 292 g/mol. The molecule has 124 valence electrons. The Balaban J connectivity index is 2.12. The summed E-state index contributed by atoms with van der Waals surface area (Å²) in [5.74, 6) is 6.23. The van der Waals surface area contributed by atoms with Gasteiger partial charge in [0.25, 0.3) is 0 Å². The minimum absolute atomic E-state index is 0.510. The Morgan fingerprint density at radius 1 is 0.667 bits per heavy atom. The zero-order valence-corrected chi connectivity index (χ0v) is 15.6. The van der Waals surface area contributed by atoms with Gasteiger partial charge in [-0.25, -0.2) is 0 Å². The van der Waals surface area contributed by atoms with Crippen molar-refractivity contribution in [2.45, 2.75) is 92.9 Å². The van der Waals surface area contributed by atoms with E-state index < -0.39 is 0 Å². The van der Waals surface area contributed by atoms with Crippen molar-refractivity contribution < 1.29 is 0 Å². The molecule has 2 aliphatic rings. The summed E-state index contributed by atoms with van der Waals surface area (Å²) in [6, 6.07) is 0. The summed E-state index contributed by atoms with van der Waals surface area (Å²) < 4.78 is 0. The molecule has 0 aliphatic heterocycles. The Morgan fingerprint density at radius 2 is 1.14 bits per heavy atom. The molecule has 0 amide bonds. The molecule has 21 heavy (non-hydrogen) atoms. The van der Waals surface area contributed by atoms with Gasteiger partial charge in [0, 0.05) is 0 Å². The molecule has 0 radical (unpaired) electrons. The Labute approximate surface area is 134 Å². The standard InChI is InChI=1S/C21H40/c1-7-15-10-12-20-18(9-3)16(14-21(4,5)6)11-13-19(20)17(15)8-2/h15-20H,7-14H2,1-6H3. The van der Waals surface area contributed by atoms with E-state index in [1.54, 1.807) is 6.42 Å². The van der Waals surface area contributed by atoms with Crippen molar-refractivity contribution in [1.29, 1.82) is 0 Å². The molecule has 6 atom stereocenters. The number of fused-ring (bicyclic) bond motifs is 1. The highest BCUT2D eigenvalue weighted by Gasteiger charge is 2.45. The Hall–Kier alpha value is 0. The van der Waals surface area contributed by atoms with Crippen molar-refractivity contribution in [3.05, 3.63) is 0 Å². The van der Waals surface area contributed by atoms with Gasteiger partial charge in [-0.1, -0.05) is 60.8 Å². The fraction of sp³-hybridized carbons (Fsp3) is 1.00. The molecule has 6 unspecified atom stereocenters. The summed E-state index contributed by atoms with van der Waals surface area (Å²) in [7, 11) is 0. The second-order valence-corrected chi connectivity index (χ2v) is 9.32. The lowest BCUT2D eigenvalue weighted by atomic mass is 9.53. The van der Waals surface area contributed by atoms with Crippen LogP contribution in [0.2, 0.25) is 0 Å². The summed E-state index contributed by atoms with van der Waals surface area (Å²) in [5, 5.41) is 0. The predicted octanol–water partition coefficient (Wildman–Crippen LogP) is 6.94. The molecular formula is C21H40. The molecule has 2 saturated carbocycles. The number of hydrogen-bond donors (Lipinski definition) is 0. The second kappa shape index (κ2) is 7.05. The van der Waals surface area contributed by atoms with Crippen molar-refractivity contribution in [3.63, 3.8) is 0 Å². The van der Waals surface area contributed by atoms with Crippen LogP contribution < -0.4 is 0 Å². The minimum Gasteiger partial charge on any atom is -0.0651 e. The van der Waals surface area contributed by atoms with Crippen molar-refractivity contribution in [2.24, 2.45) is 40.9 Å². The summed E-state index contributed by atoms with van der Waals surface area (Å²) in [5.41, 5.74) is 0.510. The molecule has 0 heterocycles. The van der Waals surface area contributed by atoms with E-state index in [2.05, 4.69) is 41.5 Å². The zero-order valence-electron chi connectivity index (χ0n) is 15.6. The molecule has 0 aromatic carbocycles. The van der Waals surface area contributed by atoms with E-state index in [4.69, 9.17) is 0 Å². The molecule has 0 aromatic heterocycles. The van der Waals surface area contributed by atoms with Gasteiger partial charge in [0.05, 0.1) is 0 Å². The van der Waals surface area contributed by atoms with Crippen LogP contribution in [0.1, 0.15) is 92.9 Å². The Kier molecular flexibility index (Phi) is 5.83. The third-order valence-corrected chi connectivity index (χ3v) is 6.94. The summed E-state index contributed by atoms with van der Waals surface area (Å²) in [6.07, 6.45) is 11.8. The van der Waals surface area contributed by atoms with E-state index in [0.717, 1.165) is 35.5 Å². The van der Waals surface area contributed by atoms with Gasteiger partial charge in [-0.2, -0.15) is 0 Å². The normalized spacial score (nSPS) is 40.9. The molecule has 0 nitrogen and oxygen atoms in total. The van der Waals surface area contributed by atoms with Crippen LogP contribution in [0.4, 0.5) is 0 Å². The Bertz CT molecular complexity index is 310. The smallest absolute Gasteiger partial charge is 0.0352 e. The first-order chi connectivity index (χ1) is 9.91. The van der Waals surface area contributed by atoms with Crippen LogP contribution in [-0.4, -0.2) is 0 Å². The first-order valence-electron chi connectivity index (χ1n) is 9.91. The maximum atomic E-state index is 2.47. The van der Waals surface area contributed by atoms with Gasteiger partial charge in [-0.05, 0) is 73.0 Å². The maximum Gasteiger partial charge on any atom is -0.0352 e. The van der Waals surface area contributed by atoms with Crippen molar-refractivity contribution >= 4 is 0 Å². The number of hydrogen-bond acceptors (Lipinski definition) is 0. The molecule has 0 spiro atoms. The largest absolute Gasteiger partial charge is 0.0651 e. The third kappa shape index (κ3) is 3.85. The highest BCUT2D eigenvalue weighted by Crippen LogP contribution is 2.54. The molecule has 2 rings (SSSR count). The quantitative estimate of drug-likeness (QED) is 0.526. The van der Waals surface area contributed by atoms with Crippen LogP contribution in [0.3, 0.4) is 0 Å². The molecular weight excluding hydrogens is 252 g/mol. The van der Waals surface area contributed by atoms with Gasteiger partial charge >= 0.3 is 0 Å². The van der Waals surface area contributed by atoms with E-state index in [1.165, 1.54) is 44.9 Å². The highest BCUT2D eigenvalue weighted by atomic mass is 14.5. The zero-order chi connectivity index (χ0) is 15.6. The molecule has 0 heteroatoms. The van der Waals surface area contributed by atoms with Gasteiger partial charge in [-0.15, -0.1) is 0 Å². The molecule has 2 aliphatic carbocycles. The second-order valence-electron chi connectivity index (χ2n) is 9.32. The molecule has 0 bridgehead atoms. The van der Waals surface area contributed by atoms with Crippen molar-refractivity contribution in [3.8, 4) is 0 Å². The minimum atomic E-state index is 0.510. The fourth-order valence-electron chi connectivity index (χ4n) is 6.25. The van der Waals surface area contributed by atoms with Crippen molar-refractivity contribution in [2.75, 3.05) is 0 Å². The van der Waals surface area contributed by atoms with Gasteiger partial charge in [0.15, 0.2) is 0 Å². The SMILES string of the molecule is CCC1CCC2C(CC)C(CC(C)(C)C)CCC2C1CC. The van der Waals surface area contributed by atoms with Crippen LogP contribution in [0.5, 0.6) is 0 Å². The molecule has 0 N–H and O–H groups in total. The third-order valence-electron chi connectivity index (χ3n) is 6.94. The maximum absolute atomic E-state index is 2.47. The van der Waals surface area contributed by atoms with Crippen LogP contribution in [-0.2, 0) is 0 Å². The van der Waals surface area contributed by atoms with Gasteiger partial charge in [0.1, 0.15) is 0 Å². The highest BCUT2D eigenvalue weighted by molar-refractivity contribution is 4.95. The average Bonchev–Trinajstić information content (AvgIpc) is 2.43. The molecule has 0 aromatic rings. The predicted molar refractivity (Wildman–Crippen MR) is 94.4 cm³/mol. The van der Waals surface area contributed by atoms with E-state index in [0.29, 0.717) is 5.41 Å². The van der Waals surface area contributed by atoms with E-state index in [1.807, 2.05) is 0 Å². The van der Waals surface area contributed by atoms with E-state index >= 15 is 0 Å². The van der Waals surface area contributed by atoms with Crippen molar-refractivity contribution in [1.82, 2.24) is 0 Å². The topological polar surface area (TPSA) is 0 Å². The average molecular weight is 293 g/mol.